The van der Waals surface area contributed by atoms with Crippen molar-refractivity contribution in [1.82, 2.24) is 0 Å². The van der Waals surface area contributed by atoms with E-state index in [1.165, 1.54) is 6.08 Å². The van der Waals surface area contributed by atoms with E-state index in [0.717, 1.165) is 11.1 Å². The highest BCUT2D eigenvalue weighted by molar-refractivity contribution is 5.87. The fourth-order valence-electron chi connectivity index (χ4n) is 2.18. The molecular weight excluding hydrogens is 308 g/mol. The summed E-state index contributed by atoms with van der Waals surface area (Å²) in [5, 5.41) is 9.26. The van der Waals surface area contributed by atoms with Crippen LogP contribution >= 0.6 is 0 Å². The molecule has 0 bridgehead atoms. The van der Waals surface area contributed by atoms with Crippen molar-refractivity contribution in [3.8, 4) is 11.5 Å². The van der Waals surface area contributed by atoms with Crippen LogP contribution in [0.25, 0.3) is 6.08 Å². The van der Waals surface area contributed by atoms with Crippen molar-refractivity contribution in [2.45, 2.75) is 13.2 Å². The maximum atomic E-state index is 11.9. The van der Waals surface area contributed by atoms with E-state index < -0.39 is 5.97 Å². The molecule has 0 aromatic heterocycles. The first-order valence-electron chi connectivity index (χ1n) is 7.42. The number of carbonyl (C=O) groups excluding carboxylic acids is 1. The number of methoxy groups -OCH3 is 2. The third-order valence-electron chi connectivity index (χ3n) is 3.49. The first-order valence-corrected chi connectivity index (χ1v) is 7.42. The predicted molar refractivity (Wildman–Crippen MR) is 90.7 cm³/mol. The molecule has 1 N–H and O–H groups in total. The molecule has 0 spiro atoms. The van der Waals surface area contributed by atoms with Gasteiger partial charge < -0.3 is 19.3 Å². The quantitative estimate of drug-likeness (QED) is 0.625. The van der Waals surface area contributed by atoms with Gasteiger partial charge in [0.2, 0.25) is 0 Å². The average Bonchev–Trinajstić information content (AvgIpc) is 2.64. The van der Waals surface area contributed by atoms with Crippen molar-refractivity contribution < 1.29 is 24.1 Å². The Morgan fingerprint density at radius 3 is 2.50 bits per heavy atom. The smallest absolute Gasteiger partial charge is 0.331 e. The van der Waals surface area contributed by atoms with Gasteiger partial charge in [-0.1, -0.05) is 24.3 Å². The lowest BCUT2D eigenvalue weighted by molar-refractivity contribution is -0.138. The lowest BCUT2D eigenvalue weighted by Gasteiger charge is -2.08. The Morgan fingerprint density at radius 1 is 1.08 bits per heavy atom. The summed E-state index contributed by atoms with van der Waals surface area (Å²) in [4.78, 5) is 11.9. The van der Waals surface area contributed by atoms with Crippen LogP contribution in [0.15, 0.2) is 48.5 Å². The maximum Gasteiger partial charge on any atom is 0.331 e. The molecule has 2 aromatic carbocycles. The fraction of sp³-hybridized carbons (Fsp3) is 0.211. The molecule has 0 aliphatic carbocycles. The van der Waals surface area contributed by atoms with Gasteiger partial charge in [0.15, 0.2) is 0 Å². The van der Waals surface area contributed by atoms with Gasteiger partial charge in [0.25, 0.3) is 0 Å². The number of carbonyl (C=O) groups is 1. The zero-order valence-electron chi connectivity index (χ0n) is 13.7. The third kappa shape index (κ3) is 4.60. The summed E-state index contributed by atoms with van der Waals surface area (Å²) in [6, 6.07) is 12.6. The Labute approximate surface area is 141 Å². The van der Waals surface area contributed by atoms with E-state index in [1.807, 2.05) is 18.2 Å². The van der Waals surface area contributed by atoms with Crippen LogP contribution in [0.1, 0.15) is 16.7 Å². The summed E-state index contributed by atoms with van der Waals surface area (Å²) in [5.74, 6) is 0.818. The van der Waals surface area contributed by atoms with Crippen molar-refractivity contribution in [1.29, 1.82) is 0 Å². The molecule has 2 aromatic rings. The van der Waals surface area contributed by atoms with Gasteiger partial charge in [-0.25, -0.2) is 4.79 Å². The lowest BCUT2D eigenvalue weighted by atomic mass is 10.1. The normalized spacial score (nSPS) is 10.6. The highest BCUT2D eigenvalue weighted by Crippen LogP contribution is 2.25. The largest absolute Gasteiger partial charge is 0.497 e. The molecule has 5 heteroatoms. The van der Waals surface area contributed by atoms with Crippen molar-refractivity contribution in [2.24, 2.45) is 0 Å². The first-order chi connectivity index (χ1) is 11.7. The average molecular weight is 328 g/mol. The fourth-order valence-corrected chi connectivity index (χ4v) is 2.18. The van der Waals surface area contributed by atoms with Crippen LogP contribution in [0.3, 0.4) is 0 Å². The predicted octanol–water partition coefficient (Wildman–Crippen LogP) is 2.95. The van der Waals surface area contributed by atoms with Crippen molar-refractivity contribution >= 4 is 12.0 Å². The van der Waals surface area contributed by atoms with Crippen molar-refractivity contribution in [3.05, 3.63) is 65.2 Å². The summed E-state index contributed by atoms with van der Waals surface area (Å²) in [6.07, 6.45) is 2.94. The zero-order valence-corrected chi connectivity index (χ0v) is 13.7. The molecule has 0 aliphatic heterocycles. The first kappa shape index (κ1) is 17.6. The lowest BCUT2D eigenvalue weighted by Crippen LogP contribution is -2.03. The molecule has 0 saturated carbocycles. The second kappa shape index (κ2) is 8.74. The number of hydrogen-bond donors (Lipinski definition) is 1. The molecule has 0 radical (unpaired) electrons. The number of rotatable bonds is 7. The van der Waals surface area contributed by atoms with Crippen molar-refractivity contribution in [3.63, 3.8) is 0 Å². The Hall–Kier alpha value is -2.79. The summed E-state index contributed by atoms with van der Waals surface area (Å²) in [7, 11) is 3.13. The molecular formula is C19H20O5. The molecule has 0 aliphatic rings. The van der Waals surface area contributed by atoms with E-state index in [2.05, 4.69) is 0 Å². The van der Waals surface area contributed by atoms with Gasteiger partial charge in [-0.3, -0.25) is 0 Å². The topological polar surface area (TPSA) is 65.0 Å². The number of esters is 1. The molecule has 0 atom stereocenters. The number of benzene rings is 2. The van der Waals surface area contributed by atoms with Crippen LogP contribution in [-0.4, -0.2) is 25.3 Å². The van der Waals surface area contributed by atoms with Crippen LogP contribution < -0.4 is 9.47 Å². The Balaban J connectivity index is 2.03. The molecule has 5 nitrogen and oxygen atoms in total. The summed E-state index contributed by atoms with van der Waals surface area (Å²) in [5.41, 5.74) is 2.23. The van der Waals surface area contributed by atoms with Gasteiger partial charge in [0, 0.05) is 11.6 Å². The molecule has 0 saturated heterocycles. The van der Waals surface area contributed by atoms with Crippen LogP contribution in [0.5, 0.6) is 11.5 Å². The number of ether oxygens (including phenoxy) is 3. The Bertz CT molecular complexity index is 721. The minimum absolute atomic E-state index is 0.0927. The van der Waals surface area contributed by atoms with Gasteiger partial charge >= 0.3 is 5.97 Å². The van der Waals surface area contributed by atoms with E-state index >= 15 is 0 Å². The summed E-state index contributed by atoms with van der Waals surface area (Å²) >= 11 is 0. The van der Waals surface area contributed by atoms with Crippen LogP contribution in [-0.2, 0) is 22.7 Å². The van der Waals surface area contributed by atoms with Crippen LogP contribution in [0, 0.1) is 0 Å². The monoisotopic (exact) mass is 328 g/mol. The van der Waals surface area contributed by atoms with Gasteiger partial charge in [0.1, 0.15) is 18.1 Å². The molecule has 0 amide bonds. The highest BCUT2D eigenvalue weighted by atomic mass is 16.5. The van der Waals surface area contributed by atoms with Gasteiger partial charge in [-0.05, 0) is 35.4 Å². The number of hydrogen-bond acceptors (Lipinski definition) is 5. The van der Waals surface area contributed by atoms with E-state index in [-0.39, 0.29) is 13.2 Å². The molecule has 24 heavy (non-hydrogen) atoms. The van der Waals surface area contributed by atoms with Crippen LogP contribution in [0.4, 0.5) is 0 Å². The van der Waals surface area contributed by atoms with E-state index in [4.69, 9.17) is 14.2 Å². The molecule has 2 rings (SSSR count). The van der Waals surface area contributed by atoms with Gasteiger partial charge in [-0.2, -0.15) is 0 Å². The molecule has 126 valence electrons. The van der Waals surface area contributed by atoms with Gasteiger partial charge in [0.05, 0.1) is 20.8 Å². The van der Waals surface area contributed by atoms with E-state index in [0.29, 0.717) is 17.1 Å². The second-order valence-electron chi connectivity index (χ2n) is 4.98. The standard InChI is InChI=1S/C19H20O5/c1-22-17-8-9-18(23-2)14(11-17)7-10-19(21)24-13-16-6-4-3-5-15(16)12-20/h3-11,20H,12-13H2,1-2H3. The van der Waals surface area contributed by atoms with E-state index in [9.17, 15) is 9.90 Å². The molecule has 0 heterocycles. The number of aliphatic hydroxyl groups excluding tert-OH is 1. The van der Waals surface area contributed by atoms with Crippen molar-refractivity contribution in [2.75, 3.05) is 14.2 Å². The molecule has 0 unspecified atom stereocenters. The number of aliphatic hydroxyl groups is 1. The molecule has 0 fully saturated rings. The van der Waals surface area contributed by atoms with Crippen LogP contribution in [0.2, 0.25) is 0 Å². The maximum absolute atomic E-state index is 11.9. The SMILES string of the molecule is COc1ccc(OC)c(C=CC(=O)OCc2ccccc2CO)c1. The van der Waals surface area contributed by atoms with Gasteiger partial charge in [-0.15, -0.1) is 0 Å². The summed E-state index contributed by atoms with van der Waals surface area (Å²) < 4.78 is 15.6. The zero-order chi connectivity index (χ0) is 17.4. The minimum Gasteiger partial charge on any atom is -0.497 e. The Kier molecular flexibility index (Phi) is 6.40. The third-order valence-corrected chi connectivity index (χ3v) is 3.49. The van der Waals surface area contributed by atoms with E-state index in [1.54, 1.807) is 44.6 Å². The highest BCUT2D eigenvalue weighted by Gasteiger charge is 2.05. The summed E-state index contributed by atoms with van der Waals surface area (Å²) in [6.45, 7) is 0.0136. The minimum atomic E-state index is -0.479. The second-order valence-corrected chi connectivity index (χ2v) is 4.98. The Morgan fingerprint density at radius 2 is 1.83 bits per heavy atom.